The molecule has 2 N–H and O–H groups in total. The van der Waals surface area contributed by atoms with E-state index in [0.29, 0.717) is 31.3 Å². The second-order valence-electron chi connectivity index (χ2n) is 6.01. The number of urea groups is 1. The number of hydrogen-bond acceptors (Lipinski definition) is 2. The van der Waals surface area contributed by atoms with Gasteiger partial charge in [-0.3, -0.25) is 0 Å². The molecule has 2 amide bonds. The molecular weight excluding hydrogens is 244 g/mol. The van der Waals surface area contributed by atoms with Crippen molar-refractivity contribution in [2.75, 3.05) is 13.1 Å². The minimum atomic E-state index is -1.17. The highest BCUT2D eigenvalue weighted by atomic mass is 16.4. The lowest BCUT2D eigenvalue weighted by atomic mass is 9.89. The van der Waals surface area contributed by atoms with Gasteiger partial charge >= 0.3 is 12.0 Å². The average molecular weight is 270 g/mol. The summed E-state index contributed by atoms with van der Waals surface area (Å²) in [5.74, 6) is 0.105. The molecule has 5 nitrogen and oxygen atoms in total. The van der Waals surface area contributed by atoms with Gasteiger partial charge in [0.05, 0.1) is 0 Å². The quantitative estimate of drug-likeness (QED) is 0.823. The summed E-state index contributed by atoms with van der Waals surface area (Å²) in [6.07, 6.45) is 2.14. The molecule has 0 aromatic heterocycles. The fourth-order valence-electron chi connectivity index (χ4n) is 2.49. The first kappa shape index (κ1) is 15.8. The van der Waals surface area contributed by atoms with Crippen LogP contribution in [0.15, 0.2) is 0 Å². The monoisotopic (exact) mass is 270 g/mol. The van der Waals surface area contributed by atoms with Crippen LogP contribution in [0.4, 0.5) is 4.79 Å². The molecular formula is C14H26N2O3. The van der Waals surface area contributed by atoms with Gasteiger partial charge in [-0.2, -0.15) is 0 Å². The minimum absolute atomic E-state index is 0.253. The van der Waals surface area contributed by atoms with E-state index in [2.05, 4.69) is 19.2 Å². The Hall–Kier alpha value is -1.26. The molecule has 0 saturated carbocycles. The van der Waals surface area contributed by atoms with Crippen LogP contribution in [0.25, 0.3) is 0 Å². The van der Waals surface area contributed by atoms with E-state index >= 15 is 0 Å². The van der Waals surface area contributed by atoms with E-state index in [9.17, 15) is 14.7 Å². The van der Waals surface area contributed by atoms with E-state index in [1.165, 1.54) is 0 Å². The van der Waals surface area contributed by atoms with Crippen molar-refractivity contribution < 1.29 is 14.7 Å². The van der Waals surface area contributed by atoms with Crippen LogP contribution >= 0.6 is 0 Å². The zero-order valence-electron chi connectivity index (χ0n) is 12.4. The number of hydrogen-bond donors (Lipinski definition) is 2. The minimum Gasteiger partial charge on any atom is -0.480 e. The number of carboxylic acids is 1. The molecule has 1 rings (SSSR count). The third-order valence-corrected chi connectivity index (χ3v) is 4.23. The van der Waals surface area contributed by atoms with Gasteiger partial charge in [0.15, 0.2) is 0 Å². The van der Waals surface area contributed by atoms with Crippen molar-refractivity contribution in [3.63, 3.8) is 0 Å². The first-order valence-corrected chi connectivity index (χ1v) is 7.10. The van der Waals surface area contributed by atoms with Gasteiger partial charge in [-0.25, -0.2) is 9.59 Å². The second kappa shape index (κ2) is 6.26. The van der Waals surface area contributed by atoms with Crippen LogP contribution in [0.2, 0.25) is 0 Å². The maximum absolute atomic E-state index is 12.2. The lowest BCUT2D eigenvalue weighted by Crippen LogP contribution is -2.57. The van der Waals surface area contributed by atoms with Crippen molar-refractivity contribution >= 4 is 12.0 Å². The Bertz CT molecular complexity index is 346. The number of amides is 2. The van der Waals surface area contributed by atoms with Crippen molar-refractivity contribution in [2.45, 2.75) is 52.5 Å². The molecule has 1 aliphatic heterocycles. The van der Waals surface area contributed by atoms with Crippen LogP contribution in [-0.4, -0.2) is 40.6 Å². The Kier molecular flexibility index (Phi) is 5.20. The Labute approximate surface area is 115 Å². The molecule has 1 saturated heterocycles. The summed E-state index contributed by atoms with van der Waals surface area (Å²) in [4.78, 5) is 25.2. The van der Waals surface area contributed by atoms with Crippen LogP contribution in [-0.2, 0) is 4.79 Å². The lowest BCUT2D eigenvalue weighted by Gasteiger charge is -2.37. The third kappa shape index (κ3) is 3.85. The summed E-state index contributed by atoms with van der Waals surface area (Å²) in [7, 11) is 0. The summed E-state index contributed by atoms with van der Waals surface area (Å²) in [5, 5.41) is 12.0. The Morgan fingerprint density at radius 3 is 2.47 bits per heavy atom. The molecule has 0 aromatic rings. The molecule has 3 unspecified atom stereocenters. The molecule has 0 bridgehead atoms. The van der Waals surface area contributed by atoms with Gasteiger partial charge in [-0.15, -0.1) is 0 Å². The highest BCUT2D eigenvalue weighted by molar-refractivity contribution is 5.85. The number of carbonyl (C=O) groups is 2. The number of carboxylic acid groups (broad SMARTS) is 1. The standard InChI is InChI=1S/C14H26N2O3/c1-5-7-14(4,12(17)18)15-13(19)16-8-6-10(2)11(3)9-16/h10-11H,5-9H2,1-4H3,(H,15,19)(H,17,18). The largest absolute Gasteiger partial charge is 0.480 e. The van der Waals surface area contributed by atoms with E-state index < -0.39 is 11.5 Å². The molecule has 0 radical (unpaired) electrons. The molecule has 5 heteroatoms. The molecule has 1 fully saturated rings. The number of rotatable bonds is 4. The highest BCUT2D eigenvalue weighted by Gasteiger charge is 2.36. The fourth-order valence-corrected chi connectivity index (χ4v) is 2.49. The molecule has 3 atom stereocenters. The normalized spacial score (nSPS) is 26.6. The predicted octanol–water partition coefficient (Wildman–Crippen LogP) is 2.32. The summed E-state index contributed by atoms with van der Waals surface area (Å²) in [5.41, 5.74) is -1.17. The molecule has 0 aliphatic carbocycles. The van der Waals surface area contributed by atoms with E-state index in [-0.39, 0.29) is 6.03 Å². The topological polar surface area (TPSA) is 69.6 Å². The molecule has 0 spiro atoms. The molecule has 1 heterocycles. The van der Waals surface area contributed by atoms with Gasteiger partial charge in [-0.05, 0) is 31.6 Å². The van der Waals surface area contributed by atoms with E-state index in [1.807, 2.05) is 6.92 Å². The van der Waals surface area contributed by atoms with Crippen molar-refractivity contribution in [3.8, 4) is 0 Å². The Morgan fingerprint density at radius 2 is 2.00 bits per heavy atom. The summed E-state index contributed by atoms with van der Waals surface area (Å²) in [6, 6.07) is -0.253. The van der Waals surface area contributed by atoms with Gasteiger partial charge in [0.1, 0.15) is 5.54 Å². The third-order valence-electron chi connectivity index (χ3n) is 4.23. The number of likely N-dealkylation sites (tertiary alicyclic amines) is 1. The predicted molar refractivity (Wildman–Crippen MR) is 74.0 cm³/mol. The maximum Gasteiger partial charge on any atom is 0.329 e. The number of carbonyl (C=O) groups excluding carboxylic acids is 1. The van der Waals surface area contributed by atoms with Gasteiger partial charge in [0.2, 0.25) is 0 Å². The zero-order chi connectivity index (χ0) is 14.6. The first-order chi connectivity index (χ1) is 8.80. The number of aliphatic carboxylic acids is 1. The first-order valence-electron chi connectivity index (χ1n) is 7.10. The summed E-state index contributed by atoms with van der Waals surface area (Å²) in [6.45, 7) is 9.23. The van der Waals surface area contributed by atoms with E-state index in [4.69, 9.17) is 0 Å². The average Bonchev–Trinajstić information content (AvgIpc) is 2.32. The van der Waals surface area contributed by atoms with Crippen LogP contribution in [0.1, 0.15) is 47.0 Å². The smallest absolute Gasteiger partial charge is 0.329 e. The Morgan fingerprint density at radius 1 is 1.37 bits per heavy atom. The van der Waals surface area contributed by atoms with Crippen LogP contribution < -0.4 is 5.32 Å². The molecule has 0 aromatic carbocycles. The second-order valence-corrected chi connectivity index (χ2v) is 6.01. The molecule has 19 heavy (non-hydrogen) atoms. The Balaban J connectivity index is 2.65. The zero-order valence-corrected chi connectivity index (χ0v) is 12.4. The van der Waals surface area contributed by atoms with Crippen LogP contribution in [0, 0.1) is 11.8 Å². The maximum atomic E-state index is 12.2. The van der Waals surface area contributed by atoms with Gasteiger partial charge in [-0.1, -0.05) is 27.2 Å². The molecule has 1 aliphatic rings. The van der Waals surface area contributed by atoms with E-state index in [1.54, 1.807) is 11.8 Å². The SMILES string of the molecule is CCCC(C)(NC(=O)N1CCC(C)C(C)C1)C(=O)O. The number of nitrogens with one attached hydrogen (secondary N) is 1. The fraction of sp³-hybridized carbons (Fsp3) is 0.857. The van der Waals surface area contributed by atoms with Crippen LogP contribution in [0.3, 0.4) is 0 Å². The van der Waals surface area contributed by atoms with Gasteiger partial charge in [0, 0.05) is 13.1 Å². The van der Waals surface area contributed by atoms with Crippen molar-refractivity contribution in [1.29, 1.82) is 0 Å². The lowest BCUT2D eigenvalue weighted by molar-refractivity contribution is -0.144. The number of nitrogens with zero attached hydrogens (tertiary/aromatic N) is 1. The van der Waals surface area contributed by atoms with E-state index in [0.717, 1.165) is 12.8 Å². The van der Waals surface area contributed by atoms with Gasteiger partial charge < -0.3 is 15.3 Å². The van der Waals surface area contributed by atoms with Crippen molar-refractivity contribution in [2.24, 2.45) is 11.8 Å². The van der Waals surface area contributed by atoms with Crippen LogP contribution in [0.5, 0.6) is 0 Å². The van der Waals surface area contributed by atoms with Crippen molar-refractivity contribution in [3.05, 3.63) is 0 Å². The summed E-state index contributed by atoms with van der Waals surface area (Å²) < 4.78 is 0. The molecule has 110 valence electrons. The van der Waals surface area contributed by atoms with Crippen molar-refractivity contribution in [1.82, 2.24) is 10.2 Å². The number of piperidine rings is 1. The summed E-state index contributed by atoms with van der Waals surface area (Å²) >= 11 is 0. The highest BCUT2D eigenvalue weighted by Crippen LogP contribution is 2.23. The van der Waals surface area contributed by atoms with Gasteiger partial charge in [0.25, 0.3) is 0 Å².